The first-order valence-electron chi connectivity index (χ1n) is 6.68. The van der Waals surface area contributed by atoms with Gasteiger partial charge >= 0.3 is 5.97 Å². The molecule has 108 valence electrons. The van der Waals surface area contributed by atoms with Gasteiger partial charge in [0, 0.05) is 12.1 Å². The van der Waals surface area contributed by atoms with Gasteiger partial charge in [-0.1, -0.05) is 48.0 Å². The molecular formula is C17H17NO3. The highest BCUT2D eigenvalue weighted by atomic mass is 16.4. The number of amides is 1. The van der Waals surface area contributed by atoms with E-state index in [2.05, 4.69) is 0 Å². The molecule has 4 nitrogen and oxygen atoms in total. The second-order valence-electron chi connectivity index (χ2n) is 4.91. The molecule has 1 N–H and O–H groups in total. The molecule has 0 fully saturated rings. The van der Waals surface area contributed by atoms with Crippen LogP contribution in [0.2, 0.25) is 0 Å². The van der Waals surface area contributed by atoms with Gasteiger partial charge < -0.3 is 10.0 Å². The smallest absolute Gasteiger partial charge is 0.323 e. The molecule has 0 saturated heterocycles. The van der Waals surface area contributed by atoms with Crippen molar-refractivity contribution >= 4 is 11.9 Å². The van der Waals surface area contributed by atoms with Crippen molar-refractivity contribution < 1.29 is 14.7 Å². The topological polar surface area (TPSA) is 57.6 Å². The van der Waals surface area contributed by atoms with E-state index in [1.165, 1.54) is 4.90 Å². The summed E-state index contributed by atoms with van der Waals surface area (Å²) in [6.45, 7) is 1.90. The van der Waals surface area contributed by atoms with Gasteiger partial charge in [-0.15, -0.1) is 0 Å². The van der Waals surface area contributed by atoms with Crippen LogP contribution in [0.1, 0.15) is 21.5 Å². The molecule has 0 unspecified atom stereocenters. The van der Waals surface area contributed by atoms with Crippen molar-refractivity contribution in [3.63, 3.8) is 0 Å². The minimum absolute atomic E-state index is 0.277. The van der Waals surface area contributed by atoms with Crippen molar-refractivity contribution in [2.24, 2.45) is 0 Å². The molecular weight excluding hydrogens is 266 g/mol. The first kappa shape index (κ1) is 14.8. The zero-order chi connectivity index (χ0) is 15.2. The predicted octanol–water partition coefficient (Wildman–Crippen LogP) is 2.72. The molecule has 0 aliphatic heterocycles. The van der Waals surface area contributed by atoms with Crippen LogP contribution in [0.5, 0.6) is 0 Å². The molecule has 0 bridgehead atoms. The summed E-state index contributed by atoms with van der Waals surface area (Å²) in [5, 5.41) is 9.01. The standard InChI is InChI=1S/C17H17NO3/c1-13-7-9-15(10-8-13)17(21)18(12-16(19)20)11-14-5-3-2-4-6-14/h2-10H,11-12H2,1H3,(H,19,20). The number of hydrogen-bond acceptors (Lipinski definition) is 2. The van der Waals surface area contributed by atoms with E-state index in [4.69, 9.17) is 5.11 Å². The van der Waals surface area contributed by atoms with Crippen LogP contribution in [-0.4, -0.2) is 28.4 Å². The Morgan fingerprint density at radius 2 is 1.62 bits per heavy atom. The van der Waals surface area contributed by atoms with E-state index in [-0.39, 0.29) is 19.0 Å². The highest BCUT2D eigenvalue weighted by molar-refractivity contribution is 5.95. The van der Waals surface area contributed by atoms with E-state index in [0.717, 1.165) is 11.1 Å². The van der Waals surface area contributed by atoms with Crippen LogP contribution in [-0.2, 0) is 11.3 Å². The van der Waals surface area contributed by atoms with Gasteiger partial charge in [-0.2, -0.15) is 0 Å². The first-order chi connectivity index (χ1) is 10.1. The van der Waals surface area contributed by atoms with Crippen molar-refractivity contribution in [1.82, 2.24) is 4.90 Å². The van der Waals surface area contributed by atoms with Crippen LogP contribution < -0.4 is 0 Å². The molecule has 0 heterocycles. The van der Waals surface area contributed by atoms with Gasteiger partial charge in [0.2, 0.25) is 0 Å². The van der Waals surface area contributed by atoms with Crippen LogP contribution in [0, 0.1) is 6.92 Å². The monoisotopic (exact) mass is 283 g/mol. The van der Waals surface area contributed by atoms with Crippen LogP contribution in [0.3, 0.4) is 0 Å². The number of carbonyl (C=O) groups is 2. The number of aliphatic carboxylic acids is 1. The number of benzene rings is 2. The third-order valence-electron chi connectivity index (χ3n) is 3.13. The third kappa shape index (κ3) is 4.18. The predicted molar refractivity (Wildman–Crippen MR) is 80.0 cm³/mol. The maximum Gasteiger partial charge on any atom is 0.323 e. The fourth-order valence-corrected chi connectivity index (χ4v) is 2.05. The molecule has 0 spiro atoms. The number of carboxylic acid groups (broad SMARTS) is 1. The molecule has 2 aromatic rings. The highest BCUT2D eigenvalue weighted by Crippen LogP contribution is 2.11. The average Bonchev–Trinajstić information content (AvgIpc) is 2.47. The lowest BCUT2D eigenvalue weighted by molar-refractivity contribution is -0.137. The summed E-state index contributed by atoms with van der Waals surface area (Å²) < 4.78 is 0. The molecule has 0 aromatic heterocycles. The summed E-state index contributed by atoms with van der Waals surface area (Å²) >= 11 is 0. The lowest BCUT2D eigenvalue weighted by atomic mass is 10.1. The molecule has 1 amide bonds. The van der Waals surface area contributed by atoms with Gasteiger partial charge in [0.1, 0.15) is 6.54 Å². The Bertz CT molecular complexity index is 620. The molecule has 0 atom stereocenters. The Morgan fingerprint density at radius 3 is 2.19 bits per heavy atom. The second kappa shape index (κ2) is 6.70. The summed E-state index contributed by atoms with van der Waals surface area (Å²) in [4.78, 5) is 24.8. The molecule has 0 aliphatic rings. The summed E-state index contributed by atoms with van der Waals surface area (Å²) in [5.41, 5.74) is 2.45. The largest absolute Gasteiger partial charge is 0.480 e. The molecule has 0 aliphatic carbocycles. The van der Waals surface area contributed by atoms with E-state index in [1.54, 1.807) is 12.1 Å². The number of carbonyl (C=O) groups excluding carboxylic acids is 1. The molecule has 0 radical (unpaired) electrons. The number of rotatable bonds is 5. The molecule has 2 rings (SSSR count). The fraction of sp³-hybridized carbons (Fsp3) is 0.176. The first-order valence-corrected chi connectivity index (χ1v) is 6.68. The van der Waals surface area contributed by atoms with Gasteiger partial charge in [-0.25, -0.2) is 0 Å². The number of aryl methyl sites for hydroxylation is 1. The normalized spacial score (nSPS) is 10.1. The summed E-state index contributed by atoms with van der Waals surface area (Å²) in [5.74, 6) is -1.30. The van der Waals surface area contributed by atoms with Crippen LogP contribution >= 0.6 is 0 Å². The van der Waals surface area contributed by atoms with E-state index >= 15 is 0 Å². The van der Waals surface area contributed by atoms with Crippen molar-refractivity contribution in [2.75, 3.05) is 6.54 Å². The number of hydrogen-bond donors (Lipinski definition) is 1. The van der Waals surface area contributed by atoms with E-state index in [9.17, 15) is 9.59 Å². The number of nitrogens with zero attached hydrogens (tertiary/aromatic N) is 1. The van der Waals surface area contributed by atoms with Crippen LogP contribution in [0.4, 0.5) is 0 Å². The summed E-state index contributed by atoms with van der Waals surface area (Å²) in [6, 6.07) is 16.5. The minimum Gasteiger partial charge on any atom is -0.480 e. The molecule has 21 heavy (non-hydrogen) atoms. The third-order valence-corrected chi connectivity index (χ3v) is 3.13. The van der Waals surface area contributed by atoms with Gasteiger partial charge in [-0.3, -0.25) is 9.59 Å². The van der Waals surface area contributed by atoms with Crippen LogP contribution in [0.15, 0.2) is 54.6 Å². The Balaban J connectivity index is 2.20. The zero-order valence-electron chi connectivity index (χ0n) is 11.8. The van der Waals surface area contributed by atoms with E-state index in [0.29, 0.717) is 5.56 Å². The van der Waals surface area contributed by atoms with E-state index < -0.39 is 5.97 Å². The molecule has 4 heteroatoms. The maximum absolute atomic E-state index is 12.5. The zero-order valence-corrected chi connectivity index (χ0v) is 11.8. The quantitative estimate of drug-likeness (QED) is 0.918. The van der Waals surface area contributed by atoms with E-state index in [1.807, 2.05) is 49.4 Å². The second-order valence-corrected chi connectivity index (χ2v) is 4.91. The molecule has 0 saturated carbocycles. The Morgan fingerprint density at radius 1 is 1.00 bits per heavy atom. The van der Waals surface area contributed by atoms with Crippen molar-refractivity contribution in [1.29, 1.82) is 0 Å². The lowest BCUT2D eigenvalue weighted by Gasteiger charge is -2.21. The SMILES string of the molecule is Cc1ccc(C(=O)N(CC(=O)O)Cc2ccccc2)cc1. The van der Waals surface area contributed by atoms with Crippen molar-refractivity contribution in [3.05, 3.63) is 71.3 Å². The average molecular weight is 283 g/mol. The van der Waals surface area contributed by atoms with Gasteiger partial charge in [-0.05, 0) is 24.6 Å². The Kier molecular flexibility index (Phi) is 4.72. The van der Waals surface area contributed by atoms with Gasteiger partial charge in [0.05, 0.1) is 0 Å². The van der Waals surface area contributed by atoms with Crippen molar-refractivity contribution in [3.8, 4) is 0 Å². The van der Waals surface area contributed by atoms with Crippen molar-refractivity contribution in [2.45, 2.75) is 13.5 Å². The summed E-state index contributed by atoms with van der Waals surface area (Å²) in [7, 11) is 0. The highest BCUT2D eigenvalue weighted by Gasteiger charge is 2.18. The minimum atomic E-state index is -1.02. The Labute approximate surface area is 123 Å². The lowest BCUT2D eigenvalue weighted by Crippen LogP contribution is -2.35. The number of carboxylic acids is 1. The summed E-state index contributed by atoms with van der Waals surface area (Å²) in [6.07, 6.45) is 0. The maximum atomic E-state index is 12.5. The van der Waals surface area contributed by atoms with Gasteiger partial charge in [0.15, 0.2) is 0 Å². The fourth-order valence-electron chi connectivity index (χ4n) is 2.05. The van der Waals surface area contributed by atoms with Gasteiger partial charge in [0.25, 0.3) is 5.91 Å². The Hall–Kier alpha value is -2.62. The van der Waals surface area contributed by atoms with Crippen LogP contribution in [0.25, 0.3) is 0 Å². The molecule has 2 aromatic carbocycles.